The highest BCUT2D eigenvalue weighted by atomic mass is 16.6. The molecule has 1 aliphatic rings. The summed E-state index contributed by atoms with van der Waals surface area (Å²) >= 11 is 0. The number of nitrogens with zero attached hydrogens (tertiary/aromatic N) is 2. The Morgan fingerprint density at radius 1 is 1.30 bits per heavy atom. The summed E-state index contributed by atoms with van der Waals surface area (Å²) in [7, 11) is 0. The number of carbonyl (C=O) groups excluding carboxylic acids is 1. The molecule has 0 spiro atoms. The van der Waals surface area contributed by atoms with E-state index in [4.69, 9.17) is 4.74 Å². The Morgan fingerprint density at radius 2 is 2.04 bits per heavy atom. The number of carbonyl (C=O) groups is 1. The Labute approximate surface area is 135 Å². The van der Waals surface area contributed by atoms with Crippen LogP contribution in [0, 0.1) is 0 Å². The number of anilines is 2. The molecule has 1 aromatic heterocycles. The molecular formula is C17H22N4O2. The highest BCUT2D eigenvalue weighted by Crippen LogP contribution is 2.27. The molecule has 6 heteroatoms. The quantitative estimate of drug-likeness (QED) is 0.891. The van der Waals surface area contributed by atoms with Gasteiger partial charge in [-0.1, -0.05) is 18.2 Å². The van der Waals surface area contributed by atoms with Gasteiger partial charge >= 0.3 is 6.09 Å². The average Bonchev–Trinajstić information content (AvgIpc) is 2.89. The summed E-state index contributed by atoms with van der Waals surface area (Å²) in [4.78, 5) is 14.0. The molecule has 0 saturated heterocycles. The van der Waals surface area contributed by atoms with Gasteiger partial charge in [0.1, 0.15) is 5.60 Å². The summed E-state index contributed by atoms with van der Waals surface area (Å²) in [5.41, 5.74) is 2.57. The largest absolute Gasteiger partial charge is 0.444 e. The second-order valence-electron chi connectivity index (χ2n) is 6.67. The minimum absolute atomic E-state index is 0.282. The number of para-hydroxylation sites is 1. The Bertz CT molecular complexity index is 688. The maximum absolute atomic E-state index is 12.3. The van der Waals surface area contributed by atoms with Crippen molar-refractivity contribution in [1.29, 1.82) is 0 Å². The van der Waals surface area contributed by atoms with Crippen LogP contribution in [0.4, 0.5) is 16.3 Å². The minimum atomic E-state index is -0.487. The summed E-state index contributed by atoms with van der Waals surface area (Å²) in [5.74, 6) is 0.763. The average molecular weight is 314 g/mol. The summed E-state index contributed by atoms with van der Waals surface area (Å²) in [6.07, 6.45) is 0.466. The molecule has 2 aromatic rings. The van der Waals surface area contributed by atoms with Gasteiger partial charge in [-0.3, -0.25) is 5.10 Å². The smallest absolute Gasteiger partial charge is 0.410 e. The molecule has 1 aliphatic heterocycles. The second-order valence-corrected chi connectivity index (χ2v) is 6.67. The molecule has 0 atom stereocenters. The lowest BCUT2D eigenvalue weighted by atomic mass is 10.1. The Hall–Kier alpha value is -2.50. The fourth-order valence-electron chi connectivity index (χ4n) is 2.54. The van der Waals surface area contributed by atoms with E-state index >= 15 is 0 Å². The maximum atomic E-state index is 12.3. The minimum Gasteiger partial charge on any atom is -0.444 e. The Morgan fingerprint density at radius 3 is 2.74 bits per heavy atom. The van der Waals surface area contributed by atoms with Crippen molar-refractivity contribution in [2.75, 3.05) is 11.9 Å². The number of ether oxygens (including phenoxy) is 1. The molecular weight excluding hydrogens is 292 g/mol. The first-order chi connectivity index (χ1) is 10.9. The lowest BCUT2D eigenvalue weighted by Crippen LogP contribution is -2.39. The monoisotopic (exact) mass is 314 g/mol. The first-order valence-corrected chi connectivity index (χ1v) is 7.78. The van der Waals surface area contributed by atoms with Gasteiger partial charge in [0.15, 0.2) is 5.82 Å². The van der Waals surface area contributed by atoms with E-state index in [0.29, 0.717) is 13.1 Å². The van der Waals surface area contributed by atoms with Gasteiger partial charge in [0, 0.05) is 29.9 Å². The van der Waals surface area contributed by atoms with Crippen LogP contribution in [0.5, 0.6) is 0 Å². The summed E-state index contributed by atoms with van der Waals surface area (Å²) in [6, 6.07) is 9.86. The molecule has 6 nitrogen and oxygen atoms in total. The lowest BCUT2D eigenvalue weighted by molar-refractivity contribution is 0.0224. The second kappa shape index (κ2) is 5.95. The van der Waals surface area contributed by atoms with Crippen LogP contribution in [0.1, 0.15) is 32.0 Å². The maximum Gasteiger partial charge on any atom is 0.410 e. The molecule has 0 aliphatic carbocycles. The van der Waals surface area contributed by atoms with E-state index in [9.17, 15) is 4.79 Å². The molecule has 1 aromatic carbocycles. The molecule has 0 unspecified atom stereocenters. The van der Waals surface area contributed by atoms with Gasteiger partial charge < -0.3 is 15.0 Å². The van der Waals surface area contributed by atoms with Gasteiger partial charge in [-0.25, -0.2) is 4.79 Å². The van der Waals surface area contributed by atoms with Gasteiger partial charge in [-0.05, 0) is 32.9 Å². The standard InChI is InChI=1S/C17H22N4O2/c1-17(2,3)23-16(22)21-10-9-14-13(11-21)15(20-19-14)18-12-7-5-4-6-8-12/h4-8H,9-11H2,1-3H3,(H2,18,19,20). The molecule has 0 bridgehead atoms. The number of aromatic nitrogens is 2. The van der Waals surface area contributed by atoms with Crippen molar-refractivity contribution in [3.63, 3.8) is 0 Å². The SMILES string of the molecule is CC(C)(C)OC(=O)N1CCc2[nH]nc(Nc3ccccc3)c2C1. The molecule has 23 heavy (non-hydrogen) atoms. The normalized spacial score (nSPS) is 14.3. The number of H-pyrrole nitrogens is 1. The van der Waals surface area contributed by atoms with Crippen LogP contribution in [0.2, 0.25) is 0 Å². The molecule has 2 heterocycles. The third-order valence-electron chi connectivity index (χ3n) is 3.62. The molecule has 0 saturated carbocycles. The zero-order valence-electron chi connectivity index (χ0n) is 13.7. The van der Waals surface area contributed by atoms with Crippen LogP contribution in [0.15, 0.2) is 30.3 Å². The van der Waals surface area contributed by atoms with Gasteiger partial charge in [-0.15, -0.1) is 0 Å². The fourth-order valence-corrected chi connectivity index (χ4v) is 2.54. The van der Waals surface area contributed by atoms with Crippen molar-refractivity contribution < 1.29 is 9.53 Å². The van der Waals surface area contributed by atoms with Crippen LogP contribution < -0.4 is 5.32 Å². The van der Waals surface area contributed by atoms with Crippen molar-refractivity contribution >= 4 is 17.6 Å². The Kier molecular flexibility index (Phi) is 3.98. The van der Waals surface area contributed by atoms with Gasteiger partial charge in [-0.2, -0.15) is 5.10 Å². The van der Waals surface area contributed by atoms with Crippen LogP contribution in [0.3, 0.4) is 0 Å². The first-order valence-electron chi connectivity index (χ1n) is 7.78. The molecule has 1 amide bonds. The molecule has 3 rings (SSSR count). The molecule has 0 fully saturated rings. The zero-order chi connectivity index (χ0) is 16.4. The van der Waals surface area contributed by atoms with Crippen molar-refractivity contribution in [3.05, 3.63) is 41.6 Å². The number of amides is 1. The van der Waals surface area contributed by atoms with Crippen LogP contribution in [0.25, 0.3) is 0 Å². The van der Waals surface area contributed by atoms with E-state index in [1.54, 1.807) is 4.90 Å². The number of hydrogen-bond donors (Lipinski definition) is 2. The van der Waals surface area contributed by atoms with Crippen molar-refractivity contribution in [2.45, 2.75) is 39.3 Å². The molecule has 2 N–H and O–H groups in total. The summed E-state index contributed by atoms with van der Waals surface area (Å²) < 4.78 is 5.46. The number of fused-ring (bicyclic) bond motifs is 1. The highest BCUT2D eigenvalue weighted by molar-refractivity contribution is 5.70. The predicted octanol–water partition coefficient (Wildman–Crippen LogP) is 3.45. The van der Waals surface area contributed by atoms with Gasteiger partial charge in [0.25, 0.3) is 0 Å². The molecule has 0 radical (unpaired) electrons. The van der Waals surface area contributed by atoms with Crippen LogP contribution in [-0.4, -0.2) is 33.3 Å². The summed E-state index contributed by atoms with van der Waals surface area (Å²) in [5, 5.41) is 10.7. The van der Waals surface area contributed by atoms with E-state index in [2.05, 4.69) is 15.5 Å². The van der Waals surface area contributed by atoms with Crippen molar-refractivity contribution in [2.24, 2.45) is 0 Å². The van der Waals surface area contributed by atoms with E-state index in [1.807, 2.05) is 51.1 Å². The van der Waals surface area contributed by atoms with Crippen LogP contribution in [-0.2, 0) is 17.7 Å². The third kappa shape index (κ3) is 3.64. The van der Waals surface area contributed by atoms with Gasteiger partial charge in [0.2, 0.25) is 0 Å². The van der Waals surface area contributed by atoms with Crippen molar-refractivity contribution in [1.82, 2.24) is 15.1 Å². The predicted molar refractivity (Wildman–Crippen MR) is 88.7 cm³/mol. The topological polar surface area (TPSA) is 70.2 Å². The third-order valence-corrected chi connectivity index (χ3v) is 3.62. The number of hydrogen-bond acceptors (Lipinski definition) is 4. The highest BCUT2D eigenvalue weighted by Gasteiger charge is 2.28. The lowest BCUT2D eigenvalue weighted by Gasteiger charge is -2.30. The van der Waals surface area contributed by atoms with Gasteiger partial charge in [0.05, 0.1) is 6.54 Å². The fraction of sp³-hybridized carbons (Fsp3) is 0.412. The van der Waals surface area contributed by atoms with Crippen LogP contribution >= 0.6 is 0 Å². The van der Waals surface area contributed by atoms with E-state index in [0.717, 1.165) is 29.2 Å². The number of rotatable bonds is 2. The molecule has 122 valence electrons. The van der Waals surface area contributed by atoms with Crippen molar-refractivity contribution in [3.8, 4) is 0 Å². The zero-order valence-corrected chi connectivity index (χ0v) is 13.7. The van der Waals surface area contributed by atoms with E-state index < -0.39 is 5.60 Å². The summed E-state index contributed by atoms with van der Waals surface area (Å²) in [6.45, 7) is 6.76. The number of benzene rings is 1. The Balaban J connectivity index is 1.75. The number of nitrogens with one attached hydrogen (secondary N) is 2. The first kappa shape index (κ1) is 15.4. The van der Waals surface area contributed by atoms with E-state index in [-0.39, 0.29) is 6.09 Å². The van der Waals surface area contributed by atoms with E-state index in [1.165, 1.54) is 0 Å². The number of aromatic amines is 1.